The van der Waals surface area contributed by atoms with Gasteiger partial charge in [-0.05, 0) is 19.4 Å². The van der Waals surface area contributed by atoms with E-state index in [1.54, 1.807) is 4.90 Å². The second kappa shape index (κ2) is 5.76. The molecule has 0 unspecified atom stereocenters. The van der Waals surface area contributed by atoms with Crippen LogP contribution < -0.4 is 0 Å². The number of carbonyl (C=O) groups excluding carboxylic acids is 1. The molecule has 0 saturated carbocycles. The topological polar surface area (TPSA) is 81.6 Å². The summed E-state index contributed by atoms with van der Waals surface area (Å²) in [5, 5.41) is 8.90. The van der Waals surface area contributed by atoms with E-state index < -0.39 is 0 Å². The van der Waals surface area contributed by atoms with Crippen LogP contribution in [0.2, 0.25) is 0 Å². The first-order valence-corrected chi connectivity index (χ1v) is 7.85. The number of morpholine rings is 1. The number of rotatable bonds is 2. The number of furan rings is 1. The molecule has 124 valence electrons. The van der Waals surface area contributed by atoms with Gasteiger partial charge in [0.15, 0.2) is 5.76 Å². The Morgan fingerprint density at radius 2 is 1.92 bits per heavy atom. The lowest BCUT2D eigenvalue weighted by atomic mass is 10.1. The molecule has 1 aliphatic heterocycles. The van der Waals surface area contributed by atoms with Crippen molar-refractivity contribution in [1.29, 1.82) is 0 Å². The van der Waals surface area contributed by atoms with Gasteiger partial charge in [-0.2, -0.15) is 0 Å². The summed E-state index contributed by atoms with van der Waals surface area (Å²) < 4.78 is 16.7. The first kappa shape index (κ1) is 14.9. The molecule has 0 aliphatic carbocycles. The van der Waals surface area contributed by atoms with Crippen LogP contribution in [0.5, 0.6) is 0 Å². The monoisotopic (exact) mass is 327 g/mol. The van der Waals surface area contributed by atoms with E-state index in [0.29, 0.717) is 32.1 Å². The molecule has 1 fully saturated rings. The third-order valence-electron chi connectivity index (χ3n) is 4.26. The molecule has 1 aromatic carbocycles. The van der Waals surface area contributed by atoms with Crippen molar-refractivity contribution in [3.63, 3.8) is 0 Å². The highest BCUT2D eigenvalue weighted by Gasteiger charge is 2.26. The molecule has 0 radical (unpaired) electrons. The van der Waals surface area contributed by atoms with Crippen molar-refractivity contribution >= 4 is 16.9 Å². The molecule has 0 N–H and O–H groups in total. The molecule has 0 bridgehead atoms. The van der Waals surface area contributed by atoms with Gasteiger partial charge in [0.1, 0.15) is 5.58 Å². The predicted octanol–water partition coefficient (Wildman–Crippen LogP) is 2.57. The van der Waals surface area contributed by atoms with Crippen molar-refractivity contribution < 1.29 is 18.4 Å². The molecule has 1 aliphatic rings. The van der Waals surface area contributed by atoms with E-state index in [9.17, 15) is 4.79 Å². The maximum Gasteiger partial charge on any atom is 0.311 e. The molecule has 7 nitrogen and oxygen atoms in total. The van der Waals surface area contributed by atoms with Gasteiger partial charge in [-0.3, -0.25) is 4.79 Å². The van der Waals surface area contributed by atoms with Gasteiger partial charge in [-0.1, -0.05) is 18.2 Å². The number of para-hydroxylation sites is 1. The van der Waals surface area contributed by atoms with Crippen LogP contribution in [-0.4, -0.2) is 47.3 Å². The Labute approximate surface area is 138 Å². The lowest BCUT2D eigenvalue weighted by molar-refractivity contribution is 0.0278. The molecule has 1 saturated heterocycles. The SMILES string of the molecule is Cc1c(-c2nnc(C(=O)N3CCOCC3)o2)oc2c(C)cccc12. The summed E-state index contributed by atoms with van der Waals surface area (Å²) in [5.41, 5.74) is 2.75. The Bertz CT molecular complexity index is 906. The van der Waals surface area contributed by atoms with Gasteiger partial charge in [0, 0.05) is 24.0 Å². The molecule has 0 atom stereocenters. The highest BCUT2D eigenvalue weighted by Crippen LogP contribution is 2.33. The molecule has 7 heteroatoms. The third kappa shape index (κ3) is 2.37. The Hall–Kier alpha value is -2.67. The van der Waals surface area contributed by atoms with Gasteiger partial charge in [-0.25, -0.2) is 0 Å². The normalized spacial score (nSPS) is 15.2. The lowest BCUT2D eigenvalue weighted by Gasteiger charge is -2.25. The standard InChI is InChI=1S/C17H17N3O4/c1-10-4-3-5-12-11(2)14(23-13(10)12)15-18-19-16(24-15)17(21)20-6-8-22-9-7-20/h3-5H,6-9H2,1-2H3. The maximum atomic E-state index is 12.4. The highest BCUT2D eigenvalue weighted by molar-refractivity contribution is 5.91. The smallest absolute Gasteiger partial charge is 0.311 e. The van der Waals surface area contributed by atoms with E-state index in [4.69, 9.17) is 13.6 Å². The third-order valence-corrected chi connectivity index (χ3v) is 4.26. The van der Waals surface area contributed by atoms with Gasteiger partial charge in [0.25, 0.3) is 5.89 Å². The van der Waals surface area contributed by atoms with E-state index in [1.807, 2.05) is 32.0 Å². The Balaban J connectivity index is 1.69. The summed E-state index contributed by atoms with van der Waals surface area (Å²) in [6.07, 6.45) is 0. The van der Waals surface area contributed by atoms with E-state index >= 15 is 0 Å². The number of benzene rings is 1. The van der Waals surface area contributed by atoms with Crippen molar-refractivity contribution in [2.75, 3.05) is 26.3 Å². The maximum absolute atomic E-state index is 12.4. The van der Waals surface area contributed by atoms with Crippen LogP contribution in [-0.2, 0) is 4.74 Å². The summed E-state index contributed by atoms with van der Waals surface area (Å²) >= 11 is 0. The number of fused-ring (bicyclic) bond motifs is 1. The van der Waals surface area contributed by atoms with Gasteiger partial charge in [0.2, 0.25) is 0 Å². The lowest BCUT2D eigenvalue weighted by Crippen LogP contribution is -2.40. The second-order valence-electron chi connectivity index (χ2n) is 5.82. The molecule has 3 heterocycles. The fourth-order valence-corrected chi connectivity index (χ4v) is 2.89. The molecule has 24 heavy (non-hydrogen) atoms. The minimum absolute atomic E-state index is 0.0246. The quantitative estimate of drug-likeness (QED) is 0.719. The van der Waals surface area contributed by atoms with E-state index in [0.717, 1.165) is 22.1 Å². The fraction of sp³-hybridized carbons (Fsp3) is 0.353. The average Bonchev–Trinajstić information content (AvgIpc) is 3.21. The number of aromatic nitrogens is 2. The van der Waals surface area contributed by atoms with Crippen molar-refractivity contribution in [2.24, 2.45) is 0 Å². The largest absolute Gasteiger partial charge is 0.450 e. The summed E-state index contributed by atoms with van der Waals surface area (Å²) in [6.45, 7) is 6.02. The number of amides is 1. The van der Waals surface area contributed by atoms with E-state index in [-0.39, 0.29) is 17.7 Å². The van der Waals surface area contributed by atoms with Crippen LogP contribution in [0.15, 0.2) is 27.0 Å². The number of ether oxygens (including phenoxy) is 1. The molecule has 4 rings (SSSR count). The number of hydrogen-bond donors (Lipinski definition) is 0. The van der Waals surface area contributed by atoms with Crippen LogP contribution in [0.1, 0.15) is 21.8 Å². The van der Waals surface area contributed by atoms with Crippen LogP contribution in [0, 0.1) is 13.8 Å². The van der Waals surface area contributed by atoms with Crippen molar-refractivity contribution in [3.05, 3.63) is 35.2 Å². The van der Waals surface area contributed by atoms with Crippen molar-refractivity contribution in [3.8, 4) is 11.7 Å². The van der Waals surface area contributed by atoms with E-state index in [2.05, 4.69) is 10.2 Å². The number of carbonyl (C=O) groups is 1. The number of aryl methyl sites for hydroxylation is 2. The Morgan fingerprint density at radius 1 is 1.12 bits per heavy atom. The zero-order chi connectivity index (χ0) is 16.7. The highest BCUT2D eigenvalue weighted by atomic mass is 16.5. The van der Waals surface area contributed by atoms with Crippen LogP contribution >= 0.6 is 0 Å². The number of nitrogens with zero attached hydrogens (tertiary/aromatic N) is 3. The Morgan fingerprint density at radius 3 is 2.67 bits per heavy atom. The summed E-state index contributed by atoms with van der Waals surface area (Å²) in [5.74, 6) is 0.429. The number of hydrogen-bond acceptors (Lipinski definition) is 6. The predicted molar refractivity (Wildman–Crippen MR) is 85.7 cm³/mol. The minimum Gasteiger partial charge on any atom is -0.450 e. The summed E-state index contributed by atoms with van der Waals surface area (Å²) in [7, 11) is 0. The first-order valence-electron chi connectivity index (χ1n) is 7.85. The van der Waals surface area contributed by atoms with Gasteiger partial charge in [0.05, 0.1) is 13.2 Å². The second-order valence-corrected chi connectivity index (χ2v) is 5.82. The molecular formula is C17H17N3O4. The van der Waals surface area contributed by atoms with Crippen LogP contribution in [0.4, 0.5) is 0 Å². The van der Waals surface area contributed by atoms with Crippen LogP contribution in [0.3, 0.4) is 0 Å². The summed E-state index contributed by atoms with van der Waals surface area (Å²) in [4.78, 5) is 14.0. The average molecular weight is 327 g/mol. The first-order chi connectivity index (χ1) is 11.6. The molecule has 2 aromatic heterocycles. The summed E-state index contributed by atoms with van der Waals surface area (Å²) in [6, 6.07) is 5.95. The molecule has 0 spiro atoms. The van der Waals surface area contributed by atoms with Crippen LogP contribution in [0.25, 0.3) is 22.6 Å². The molecule has 1 amide bonds. The zero-order valence-corrected chi connectivity index (χ0v) is 13.5. The zero-order valence-electron chi connectivity index (χ0n) is 13.5. The minimum atomic E-state index is -0.276. The molecule has 3 aromatic rings. The molecular weight excluding hydrogens is 310 g/mol. The van der Waals surface area contributed by atoms with Gasteiger partial charge < -0.3 is 18.5 Å². The van der Waals surface area contributed by atoms with Crippen molar-refractivity contribution in [2.45, 2.75) is 13.8 Å². The Kier molecular flexibility index (Phi) is 3.57. The fourth-order valence-electron chi connectivity index (χ4n) is 2.89. The van der Waals surface area contributed by atoms with Crippen molar-refractivity contribution in [1.82, 2.24) is 15.1 Å². The van der Waals surface area contributed by atoms with Gasteiger partial charge in [-0.15, -0.1) is 10.2 Å². The van der Waals surface area contributed by atoms with E-state index in [1.165, 1.54) is 0 Å². The van der Waals surface area contributed by atoms with Gasteiger partial charge >= 0.3 is 11.8 Å².